The molecular weight excluding hydrogens is 482 g/mol. The molecule has 3 amide bonds. The molecule has 4 rings (SSSR count). The number of hydrogen-bond acceptors (Lipinski definition) is 7. The highest BCUT2D eigenvalue weighted by Crippen LogP contribution is 2.28. The summed E-state index contributed by atoms with van der Waals surface area (Å²) in [5.74, 6) is -2.26. The number of benzene rings is 2. The van der Waals surface area contributed by atoms with E-state index in [0.717, 1.165) is 10.5 Å². The maximum atomic E-state index is 12.8. The first kappa shape index (κ1) is 25.3. The molecule has 188 valence electrons. The normalized spacial score (nSPS) is 19.8. The van der Waals surface area contributed by atoms with Crippen LogP contribution in [0.25, 0.3) is 0 Å². The van der Waals surface area contributed by atoms with Gasteiger partial charge < -0.3 is 19.7 Å². The van der Waals surface area contributed by atoms with Crippen molar-refractivity contribution >= 4 is 41.1 Å². The van der Waals surface area contributed by atoms with Gasteiger partial charge in [0.25, 0.3) is 11.8 Å². The second-order valence-corrected chi connectivity index (χ2v) is 9.39. The highest BCUT2D eigenvalue weighted by atomic mass is 32.1. The quantitative estimate of drug-likeness (QED) is 0.329. The van der Waals surface area contributed by atoms with Crippen molar-refractivity contribution in [1.29, 1.82) is 0 Å². The summed E-state index contributed by atoms with van der Waals surface area (Å²) in [5, 5.41) is 2.84. The summed E-state index contributed by atoms with van der Waals surface area (Å²) in [6, 6.07) is 15.9. The lowest BCUT2D eigenvalue weighted by Crippen LogP contribution is -2.52. The number of alkyl carbamates (subject to hydrolysis) is 1. The molecule has 0 saturated carbocycles. The number of nitrogens with one attached hydrogen (secondary N) is 1. The average Bonchev–Trinajstić information content (AvgIpc) is 3.30. The Hall–Kier alpha value is -3.79. The minimum atomic E-state index is -0.848. The lowest BCUT2D eigenvalue weighted by Gasteiger charge is -2.30. The number of esters is 1. The topological polar surface area (TPSA) is 105 Å². The van der Waals surface area contributed by atoms with Crippen molar-refractivity contribution in [2.45, 2.75) is 25.5 Å². The number of thiocarbonyl (C=S) groups is 1. The third-order valence-electron chi connectivity index (χ3n) is 6.49. The Morgan fingerprint density at radius 2 is 1.64 bits per heavy atom. The van der Waals surface area contributed by atoms with E-state index in [1.54, 1.807) is 36.1 Å². The molecule has 2 aliphatic rings. The first-order valence-electron chi connectivity index (χ1n) is 11.5. The number of methoxy groups -OCH3 is 1. The first-order valence-corrected chi connectivity index (χ1v) is 12.0. The van der Waals surface area contributed by atoms with Gasteiger partial charge in [-0.05, 0) is 31.0 Å². The SMILES string of the molecule is COC(=O)C(CN1CC[C@@](C)(NC(=O)OCc2ccccc2)C1=S)CN1C(=O)c2ccccc2C1=O. The first-order chi connectivity index (χ1) is 17.2. The van der Waals surface area contributed by atoms with Crippen LogP contribution >= 0.6 is 12.2 Å². The van der Waals surface area contributed by atoms with Crippen LogP contribution in [-0.2, 0) is 20.9 Å². The fourth-order valence-corrected chi connectivity index (χ4v) is 4.77. The minimum Gasteiger partial charge on any atom is -0.469 e. The number of fused-ring (bicyclic) bond motifs is 1. The van der Waals surface area contributed by atoms with E-state index in [0.29, 0.717) is 29.1 Å². The molecule has 2 aromatic rings. The van der Waals surface area contributed by atoms with Crippen LogP contribution in [0.1, 0.15) is 39.6 Å². The van der Waals surface area contributed by atoms with E-state index in [9.17, 15) is 19.2 Å². The molecule has 10 heteroatoms. The number of hydrogen-bond donors (Lipinski definition) is 1. The molecule has 0 aromatic heterocycles. The molecule has 1 fully saturated rings. The molecule has 2 aromatic carbocycles. The molecule has 0 spiro atoms. The maximum Gasteiger partial charge on any atom is 0.408 e. The Kier molecular flexibility index (Phi) is 7.35. The summed E-state index contributed by atoms with van der Waals surface area (Å²) in [5.41, 5.74) is 0.643. The molecule has 9 nitrogen and oxygen atoms in total. The molecule has 1 saturated heterocycles. The minimum absolute atomic E-state index is 0.129. The maximum absolute atomic E-state index is 12.8. The van der Waals surface area contributed by atoms with Crippen LogP contribution in [0.4, 0.5) is 4.79 Å². The standard InChI is InChI=1S/C26H27N3O6S/c1-26(27-25(33)35-16-17-8-4-3-5-9-17)12-13-28(24(26)36)14-18(23(32)34-2)15-29-21(30)19-10-6-7-11-20(19)22(29)31/h3-11,18H,12-16H2,1-2H3,(H,27,33)/t18?,26-/m1/s1. The van der Waals surface area contributed by atoms with Crippen molar-refractivity contribution in [2.24, 2.45) is 5.92 Å². The van der Waals surface area contributed by atoms with Gasteiger partial charge in [0.15, 0.2) is 0 Å². The van der Waals surface area contributed by atoms with Crippen LogP contribution in [0.5, 0.6) is 0 Å². The monoisotopic (exact) mass is 509 g/mol. The molecule has 2 atom stereocenters. The van der Waals surface area contributed by atoms with E-state index in [1.807, 2.05) is 30.3 Å². The summed E-state index contributed by atoms with van der Waals surface area (Å²) < 4.78 is 10.3. The Bertz CT molecular complexity index is 1170. The number of carbonyl (C=O) groups is 4. The molecule has 0 bridgehead atoms. The molecular formula is C26H27N3O6S. The van der Waals surface area contributed by atoms with E-state index in [2.05, 4.69) is 5.32 Å². The third-order valence-corrected chi connectivity index (χ3v) is 7.20. The summed E-state index contributed by atoms with van der Waals surface area (Å²) in [7, 11) is 1.26. The van der Waals surface area contributed by atoms with Crippen molar-refractivity contribution < 1.29 is 28.7 Å². The fraction of sp³-hybridized carbons (Fsp3) is 0.346. The zero-order chi connectivity index (χ0) is 25.9. The van der Waals surface area contributed by atoms with Gasteiger partial charge in [-0.2, -0.15) is 0 Å². The van der Waals surface area contributed by atoms with E-state index >= 15 is 0 Å². The fourth-order valence-electron chi connectivity index (χ4n) is 4.46. The smallest absolute Gasteiger partial charge is 0.408 e. The number of rotatable bonds is 8. The van der Waals surface area contributed by atoms with Crippen molar-refractivity contribution in [3.63, 3.8) is 0 Å². The van der Waals surface area contributed by atoms with Gasteiger partial charge in [0.1, 0.15) is 11.6 Å². The molecule has 2 aliphatic heterocycles. The number of likely N-dealkylation sites (tertiary alicyclic amines) is 1. The third kappa shape index (κ3) is 5.08. The molecule has 1 N–H and O–H groups in total. The Morgan fingerprint density at radius 1 is 1.03 bits per heavy atom. The van der Waals surface area contributed by atoms with Gasteiger partial charge in [0, 0.05) is 19.6 Å². The lowest BCUT2D eigenvalue weighted by molar-refractivity contribution is -0.146. The van der Waals surface area contributed by atoms with Crippen LogP contribution < -0.4 is 5.32 Å². The van der Waals surface area contributed by atoms with E-state index in [1.165, 1.54) is 7.11 Å². The number of amides is 3. The lowest BCUT2D eigenvalue weighted by atomic mass is 10.0. The van der Waals surface area contributed by atoms with E-state index in [-0.39, 0.29) is 19.7 Å². The van der Waals surface area contributed by atoms with E-state index in [4.69, 9.17) is 21.7 Å². The second-order valence-electron chi connectivity index (χ2n) is 9.01. The van der Waals surface area contributed by atoms with Crippen molar-refractivity contribution in [3.8, 4) is 0 Å². The highest BCUT2D eigenvalue weighted by molar-refractivity contribution is 7.80. The summed E-state index contributed by atoms with van der Waals surface area (Å²) in [4.78, 5) is 54.0. The second kappa shape index (κ2) is 10.4. The highest BCUT2D eigenvalue weighted by Gasteiger charge is 2.44. The predicted octanol–water partition coefficient (Wildman–Crippen LogP) is 2.79. The summed E-state index contributed by atoms with van der Waals surface area (Å²) in [6.45, 7) is 2.40. The van der Waals surface area contributed by atoms with Gasteiger partial charge in [-0.15, -0.1) is 0 Å². The Labute approximate surface area is 214 Å². The van der Waals surface area contributed by atoms with Gasteiger partial charge in [-0.1, -0.05) is 54.7 Å². The number of imide groups is 1. The summed E-state index contributed by atoms with van der Waals surface area (Å²) >= 11 is 5.65. The van der Waals surface area contributed by atoms with Gasteiger partial charge in [0.05, 0.1) is 29.7 Å². The van der Waals surface area contributed by atoms with Crippen LogP contribution in [0.3, 0.4) is 0 Å². The van der Waals surface area contributed by atoms with Gasteiger partial charge in [-0.25, -0.2) is 4.79 Å². The van der Waals surface area contributed by atoms with Crippen LogP contribution in [0.15, 0.2) is 54.6 Å². The van der Waals surface area contributed by atoms with Gasteiger partial charge in [-0.3, -0.25) is 19.3 Å². The molecule has 2 heterocycles. The van der Waals surface area contributed by atoms with Crippen molar-refractivity contribution in [3.05, 3.63) is 71.3 Å². The number of carbonyl (C=O) groups excluding carboxylic acids is 4. The molecule has 0 radical (unpaired) electrons. The Balaban J connectivity index is 1.39. The predicted molar refractivity (Wildman–Crippen MR) is 134 cm³/mol. The van der Waals surface area contributed by atoms with Crippen molar-refractivity contribution in [2.75, 3.05) is 26.7 Å². The zero-order valence-electron chi connectivity index (χ0n) is 20.1. The van der Waals surface area contributed by atoms with Crippen molar-refractivity contribution in [1.82, 2.24) is 15.1 Å². The Morgan fingerprint density at radius 3 is 2.25 bits per heavy atom. The number of ether oxygens (including phenoxy) is 2. The molecule has 1 unspecified atom stereocenters. The molecule has 36 heavy (non-hydrogen) atoms. The van der Waals surface area contributed by atoms with Crippen LogP contribution in [-0.4, -0.2) is 70.9 Å². The number of nitrogens with zero attached hydrogens (tertiary/aromatic N) is 2. The van der Waals surface area contributed by atoms with Crippen LogP contribution in [0, 0.1) is 5.92 Å². The summed E-state index contributed by atoms with van der Waals surface area (Å²) in [6.07, 6.45) is -0.0891. The largest absolute Gasteiger partial charge is 0.469 e. The zero-order valence-corrected chi connectivity index (χ0v) is 20.9. The van der Waals surface area contributed by atoms with Gasteiger partial charge >= 0.3 is 12.1 Å². The van der Waals surface area contributed by atoms with Crippen LogP contribution in [0.2, 0.25) is 0 Å². The average molecular weight is 510 g/mol. The molecule has 0 aliphatic carbocycles. The van der Waals surface area contributed by atoms with E-state index < -0.39 is 35.3 Å². The van der Waals surface area contributed by atoms with Gasteiger partial charge in [0.2, 0.25) is 0 Å².